The van der Waals surface area contributed by atoms with Crippen molar-refractivity contribution in [2.75, 3.05) is 7.11 Å². The summed E-state index contributed by atoms with van der Waals surface area (Å²) in [7, 11) is 1.61. The minimum atomic E-state index is -0.393. The van der Waals surface area contributed by atoms with Crippen LogP contribution in [0, 0.1) is 6.92 Å². The van der Waals surface area contributed by atoms with Gasteiger partial charge in [-0.25, -0.2) is 0 Å². The second-order valence-electron chi connectivity index (χ2n) is 3.97. The molecule has 0 amide bonds. The Kier molecular flexibility index (Phi) is 3.57. The van der Waals surface area contributed by atoms with E-state index in [1.165, 1.54) is 0 Å². The lowest BCUT2D eigenvalue weighted by Gasteiger charge is -2.14. The number of rotatable bonds is 4. The van der Waals surface area contributed by atoms with Crippen LogP contribution in [0.4, 0.5) is 0 Å². The van der Waals surface area contributed by atoms with E-state index in [2.05, 4.69) is 15.1 Å². The van der Waals surface area contributed by atoms with Crippen molar-refractivity contribution in [3.8, 4) is 5.75 Å². The van der Waals surface area contributed by atoms with Gasteiger partial charge >= 0.3 is 0 Å². The summed E-state index contributed by atoms with van der Waals surface area (Å²) in [4.78, 5) is 8.51. The normalized spacial score (nSPS) is 12.4. The number of methoxy groups -OCH3 is 1. The molecule has 0 saturated carbocycles. The van der Waals surface area contributed by atoms with E-state index in [4.69, 9.17) is 10.5 Å². The van der Waals surface area contributed by atoms with E-state index in [0.29, 0.717) is 11.4 Å². The molecular weight excluding hydrogens is 230 g/mol. The Labute approximate surface area is 106 Å². The first kappa shape index (κ1) is 12.5. The van der Waals surface area contributed by atoms with Gasteiger partial charge in [0.25, 0.3) is 0 Å². The maximum Gasteiger partial charge on any atom is 0.161 e. The highest BCUT2D eigenvalue weighted by Crippen LogP contribution is 2.26. The third-order valence-electron chi connectivity index (χ3n) is 2.78. The SMILES string of the molecule is CCn1ncc(OC)c1C(N)c1cnc(C)cn1. The van der Waals surface area contributed by atoms with Gasteiger partial charge in [0.2, 0.25) is 0 Å². The van der Waals surface area contributed by atoms with E-state index in [0.717, 1.165) is 17.9 Å². The minimum Gasteiger partial charge on any atom is -0.493 e. The number of aromatic nitrogens is 4. The summed E-state index contributed by atoms with van der Waals surface area (Å²) in [6.07, 6.45) is 5.06. The number of aryl methyl sites for hydroxylation is 2. The van der Waals surface area contributed by atoms with Crippen LogP contribution in [0.1, 0.15) is 30.0 Å². The molecule has 2 heterocycles. The van der Waals surface area contributed by atoms with Crippen LogP contribution in [0.3, 0.4) is 0 Å². The summed E-state index contributed by atoms with van der Waals surface area (Å²) >= 11 is 0. The van der Waals surface area contributed by atoms with Crippen molar-refractivity contribution in [2.24, 2.45) is 5.73 Å². The predicted molar refractivity (Wildman–Crippen MR) is 67.3 cm³/mol. The van der Waals surface area contributed by atoms with E-state index in [1.54, 1.807) is 25.7 Å². The zero-order valence-corrected chi connectivity index (χ0v) is 10.8. The van der Waals surface area contributed by atoms with Gasteiger partial charge in [-0.05, 0) is 13.8 Å². The highest BCUT2D eigenvalue weighted by Gasteiger charge is 2.20. The Morgan fingerprint density at radius 2 is 2.11 bits per heavy atom. The second-order valence-corrected chi connectivity index (χ2v) is 3.97. The van der Waals surface area contributed by atoms with Crippen molar-refractivity contribution in [3.05, 3.63) is 35.7 Å². The van der Waals surface area contributed by atoms with Crippen LogP contribution in [-0.4, -0.2) is 26.9 Å². The smallest absolute Gasteiger partial charge is 0.161 e. The molecule has 2 N–H and O–H groups in total. The Hall–Kier alpha value is -1.95. The van der Waals surface area contributed by atoms with E-state index >= 15 is 0 Å². The maximum absolute atomic E-state index is 6.22. The molecule has 0 aliphatic carbocycles. The molecule has 18 heavy (non-hydrogen) atoms. The van der Waals surface area contributed by atoms with Crippen LogP contribution in [0.15, 0.2) is 18.6 Å². The Balaban J connectivity index is 2.41. The van der Waals surface area contributed by atoms with Gasteiger partial charge < -0.3 is 10.5 Å². The Morgan fingerprint density at radius 3 is 2.67 bits per heavy atom. The molecule has 0 spiro atoms. The van der Waals surface area contributed by atoms with Crippen molar-refractivity contribution in [1.29, 1.82) is 0 Å². The van der Waals surface area contributed by atoms with E-state index in [1.807, 2.05) is 18.5 Å². The van der Waals surface area contributed by atoms with E-state index < -0.39 is 6.04 Å². The fraction of sp³-hybridized carbons (Fsp3) is 0.417. The largest absolute Gasteiger partial charge is 0.493 e. The minimum absolute atomic E-state index is 0.393. The van der Waals surface area contributed by atoms with Gasteiger partial charge in [-0.2, -0.15) is 5.10 Å². The van der Waals surface area contributed by atoms with Crippen LogP contribution in [-0.2, 0) is 6.54 Å². The number of nitrogens with zero attached hydrogens (tertiary/aromatic N) is 4. The molecular formula is C12H17N5O. The Morgan fingerprint density at radius 1 is 1.33 bits per heavy atom. The monoisotopic (exact) mass is 247 g/mol. The second kappa shape index (κ2) is 5.14. The van der Waals surface area contributed by atoms with Crippen LogP contribution in [0.2, 0.25) is 0 Å². The average Bonchev–Trinajstić information content (AvgIpc) is 2.81. The summed E-state index contributed by atoms with van der Waals surface area (Å²) < 4.78 is 7.09. The van der Waals surface area contributed by atoms with Crippen LogP contribution >= 0.6 is 0 Å². The number of ether oxygens (including phenoxy) is 1. The highest BCUT2D eigenvalue weighted by atomic mass is 16.5. The Bertz CT molecular complexity index is 498. The number of nitrogens with two attached hydrogens (primary N) is 1. The molecule has 0 aromatic carbocycles. The van der Waals surface area contributed by atoms with Crippen molar-refractivity contribution < 1.29 is 4.74 Å². The molecule has 2 aromatic rings. The molecule has 2 rings (SSSR count). The summed E-state index contributed by atoms with van der Waals surface area (Å²) in [6, 6.07) is -0.393. The predicted octanol–water partition coefficient (Wildman–Crippen LogP) is 1.06. The molecule has 96 valence electrons. The summed E-state index contributed by atoms with van der Waals surface area (Å²) in [5, 5.41) is 4.23. The number of hydrogen-bond acceptors (Lipinski definition) is 5. The van der Waals surface area contributed by atoms with Gasteiger partial charge in [-0.1, -0.05) is 0 Å². The van der Waals surface area contributed by atoms with Gasteiger partial charge in [0.1, 0.15) is 5.69 Å². The molecule has 0 aliphatic heterocycles. The first-order valence-electron chi connectivity index (χ1n) is 5.81. The third kappa shape index (κ3) is 2.19. The van der Waals surface area contributed by atoms with E-state index in [9.17, 15) is 0 Å². The lowest BCUT2D eigenvalue weighted by molar-refractivity contribution is 0.404. The standard InChI is InChI=1S/C12H17N5O/c1-4-17-12(10(18-3)7-16-17)11(13)9-6-14-8(2)5-15-9/h5-7,11H,4,13H2,1-3H3. The third-order valence-corrected chi connectivity index (χ3v) is 2.78. The van der Waals surface area contributed by atoms with Gasteiger partial charge in [-0.3, -0.25) is 14.6 Å². The fourth-order valence-electron chi connectivity index (χ4n) is 1.80. The van der Waals surface area contributed by atoms with Gasteiger partial charge in [-0.15, -0.1) is 0 Å². The average molecular weight is 247 g/mol. The van der Waals surface area contributed by atoms with Crippen LogP contribution in [0.5, 0.6) is 5.75 Å². The zero-order chi connectivity index (χ0) is 13.1. The van der Waals surface area contributed by atoms with Gasteiger partial charge in [0.05, 0.1) is 36.9 Å². The first-order chi connectivity index (χ1) is 8.67. The quantitative estimate of drug-likeness (QED) is 0.873. The molecule has 0 radical (unpaired) electrons. The molecule has 0 aliphatic rings. The van der Waals surface area contributed by atoms with Gasteiger partial charge in [0.15, 0.2) is 5.75 Å². The van der Waals surface area contributed by atoms with Crippen molar-refractivity contribution in [2.45, 2.75) is 26.4 Å². The van der Waals surface area contributed by atoms with E-state index in [-0.39, 0.29) is 0 Å². The molecule has 2 aromatic heterocycles. The lowest BCUT2D eigenvalue weighted by atomic mass is 10.1. The van der Waals surface area contributed by atoms with Crippen molar-refractivity contribution in [3.63, 3.8) is 0 Å². The molecule has 0 fully saturated rings. The molecule has 0 bridgehead atoms. The molecule has 6 nitrogen and oxygen atoms in total. The molecule has 6 heteroatoms. The highest BCUT2D eigenvalue weighted by molar-refractivity contribution is 5.32. The summed E-state index contributed by atoms with van der Waals surface area (Å²) in [6.45, 7) is 4.62. The molecule has 0 saturated heterocycles. The molecule has 1 atom stereocenters. The van der Waals surface area contributed by atoms with Gasteiger partial charge in [0, 0.05) is 12.7 Å². The van der Waals surface area contributed by atoms with Crippen molar-refractivity contribution >= 4 is 0 Å². The van der Waals surface area contributed by atoms with Crippen LogP contribution in [0.25, 0.3) is 0 Å². The molecule has 1 unspecified atom stereocenters. The first-order valence-corrected chi connectivity index (χ1v) is 5.81. The lowest BCUT2D eigenvalue weighted by Crippen LogP contribution is -2.19. The topological polar surface area (TPSA) is 78.9 Å². The number of hydrogen-bond donors (Lipinski definition) is 1. The maximum atomic E-state index is 6.22. The summed E-state index contributed by atoms with van der Waals surface area (Å²) in [5.41, 5.74) is 8.60. The van der Waals surface area contributed by atoms with Crippen LogP contribution < -0.4 is 10.5 Å². The fourth-order valence-corrected chi connectivity index (χ4v) is 1.80. The van der Waals surface area contributed by atoms with Crippen molar-refractivity contribution in [1.82, 2.24) is 19.7 Å². The summed E-state index contributed by atoms with van der Waals surface area (Å²) in [5.74, 6) is 0.673. The zero-order valence-electron chi connectivity index (χ0n) is 10.8.